The van der Waals surface area contributed by atoms with Gasteiger partial charge in [-0.2, -0.15) is 0 Å². The molecule has 2 aliphatic heterocycles. The van der Waals surface area contributed by atoms with E-state index in [1.807, 2.05) is 0 Å². The third-order valence-corrected chi connectivity index (χ3v) is 6.45. The fourth-order valence-electron chi connectivity index (χ4n) is 4.66. The first kappa shape index (κ1) is 22.3. The van der Waals surface area contributed by atoms with E-state index in [0.29, 0.717) is 6.54 Å². The van der Waals surface area contributed by atoms with Crippen molar-refractivity contribution in [3.05, 3.63) is 65.0 Å². The monoisotopic (exact) mass is 438 g/mol. The normalized spacial score (nSPS) is 17.0. The van der Waals surface area contributed by atoms with Crippen molar-refractivity contribution in [1.29, 1.82) is 0 Å². The third kappa shape index (κ3) is 5.27. The van der Waals surface area contributed by atoms with Gasteiger partial charge >= 0.3 is 11.8 Å². The van der Waals surface area contributed by atoms with E-state index in [2.05, 4.69) is 45.7 Å². The highest BCUT2D eigenvalue weighted by atomic mass is 19.1. The number of anilines is 1. The van der Waals surface area contributed by atoms with Gasteiger partial charge in [-0.1, -0.05) is 24.3 Å². The number of hydrogen-bond donors (Lipinski definition) is 2. The highest BCUT2D eigenvalue weighted by Gasteiger charge is 2.26. The summed E-state index contributed by atoms with van der Waals surface area (Å²) in [5.41, 5.74) is 4.56. The SMILES string of the molecule is CN1CCCc2cc([C@@H](CNC(=O)C(=O)NCc3ccc(F)cc3)N3CCCC3)ccc21. The van der Waals surface area contributed by atoms with Crippen molar-refractivity contribution in [2.75, 3.05) is 38.1 Å². The van der Waals surface area contributed by atoms with Gasteiger partial charge in [0.05, 0.1) is 6.04 Å². The van der Waals surface area contributed by atoms with Crippen molar-refractivity contribution in [1.82, 2.24) is 15.5 Å². The Morgan fingerprint density at radius 3 is 2.44 bits per heavy atom. The minimum atomic E-state index is -0.679. The van der Waals surface area contributed by atoms with Crippen LogP contribution in [0.25, 0.3) is 0 Å². The number of rotatable bonds is 6. The summed E-state index contributed by atoms with van der Waals surface area (Å²) in [4.78, 5) is 29.4. The third-order valence-electron chi connectivity index (χ3n) is 6.45. The molecule has 2 aromatic rings. The number of fused-ring (bicyclic) bond motifs is 1. The van der Waals surface area contributed by atoms with Crippen LogP contribution >= 0.6 is 0 Å². The Hall–Kier alpha value is -2.93. The van der Waals surface area contributed by atoms with Crippen molar-refractivity contribution in [2.45, 2.75) is 38.3 Å². The van der Waals surface area contributed by atoms with E-state index in [0.717, 1.165) is 50.9 Å². The Morgan fingerprint density at radius 2 is 1.69 bits per heavy atom. The smallest absolute Gasteiger partial charge is 0.309 e. The van der Waals surface area contributed by atoms with E-state index >= 15 is 0 Å². The van der Waals surface area contributed by atoms with Crippen LogP contribution in [0.3, 0.4) is 0 Å². The lowest BCUT2D eigenvalue weighted by atomic mass is 9.96. The lowest BCUT2D eigenvalue weighted by Crippen LogP contribution is -2.43. The minimum absolute atomic E-state index is 0.0453. The maximum atomic E-state index is 13.0. The van der Waals surface area contributed by atoms with Crippen molar-refractivity contribution in [3.63, 3.8) is 0 Å². The molecule has 4 rings (SSSR count). The van der Waals surface area contributed by atoms with E-state index in [9.17, 15) is 14.0 Å². The van der Waals surface area contributed by atoms with Gasteiger partial charge in [0.25, 0.3) is 0 Å². The molecule has 7 heteroatoms. The maximum absolute atomic E-state index is 13.0. The van der Waals surface area contributed by atoms with Crippen LogP contribution in [-0.4, -0.2) is 49.9 Å². The average Bonchev–Trinajstić information content (AvgIpc) is 3.33. The Balaban J connectivity index is 1.39. The highest BCUT2D eigenvalue weighted by molar-refractivity contribution is 6.35. The second-order valence-corrected chi connectivity index (χ2v) is 8.69. The zero-order chi connectivity index (χ0) is 22.5. The summed E-state index contributed by atoms with van der Waals surface area (Å²) in [6.07, 6.45) is 4.51. The lowest BCUT2D eigenvalue weighted by molar-refractivity contribution is -0.139. The molecule has 0 radical (unpaired) electrons. The van der Waals surface area contributed by atoms with E-state index in [1.165, 1.54) is 28.9 Å². The number of carbonyl (C=O) groups excluding carboxylic acids is 2. The van der Waals surface area contributed by atoms with Crippen LogP contribution in [0, 0.1) is 5.82 Å². The second-order valence-electron chi connectivity index (χ2n) is 8.69. The molecule has 2 N–H and O–H groups in total. The topological polar surface area (TPSA) is 64.7 Å². The summed E-state index contributed by atoms with van der Waals surface area (Å²) in [6.45, 7) is 3.63. The van der Waals surface area contributed by atoms with Crippen molar-refractivity contribution in [3.8, 4) is 0 Å². The Morgan fingerprint density at radius 1 is 0.969 bits per heavy atom. The molecule has 0 aliphatic carbocycles. The number of nitrogens with one attached hydrogen (secondary N) is 2. The maximum Gasteiger partial charge on any atom is 0.309 e. The van der Waals surface area contributed by atoms with Crippen LogP contribution in [0.15, 0.2) is 42.5 Å². The summed E-state index contributed by atoms with van der Waals surface area (Å²) in [5, 5.41) is 5.43. The molecule has 0 spiro atoms. The summed E-state index contributed by atoms with van der Waals surface area (Å²) in [6, 6.07) is 12.5. The number of benzene rings is 2. The number of carbonyl (C=O) groups is 2. The van der Waals surface area contributed by atoms with Crippen LogP contribution in [0.2, 0.25) is 0 Å². The van der Waals surface area contributed by atoms with Gasteiger partial charge in [0.2, 0.25) is 0 Å². The largest absolute Gasteiger partial charge is 0.374 e. The van der Waals surface area contributed by atoms with Crippen LogP contribution in [-0.2, 0) is 22.6 Å². The highest BCUT2D eigenvalue weighted by Crippen LogP contribution is 2.31. The van der Waals surface area contributed by atoms with Gasteiger partial charge in [0, 0.05) is 32.4 Å². The van der Waals surface area contributed by atoms with E-state index in [4.69, 9.17) is 0 Å². The molecule has 2 heterocycles. The molecule has 0 saturated carbocycles. The van der Waals surface area contributed by atoms with Crippen molar-refractivity contribution >= 4 is 17.5 Å². The molecular weight excluding hydrogens is 407 g/mol. The molecule has 32 heavy (non-hydrogen) atoms. The molecule has 2 amide bonds. The number of nitrogens with zero attached hydrogens (tertiary/aromatic N) is 2. The molecule has 2 aromatic carbocycles. The fraction of sp³-hybridized carbons (Fsp3) is 0.440. The molecule has 1 saturated heterocycles. The van der Waals surface area contributed by atoms with Gasteiger partial charge in [-0.25, -0.2) is 4.39 Å². The van der Waals surface area contributed by atoms with Crippen molar-refractivity contribution < 1.29 is 14.0 Å². The summed E-state index contributed by atoms with van der Waals surface area (Å²) < 4.78 is 13.0. The molecular formula is C25H31FN4O2. The molecule has 2 aliphatic rings. The quantitative estimate of drug-likeness (QED) is 0.681. The van der Waals surface area contributed by atoms with Gasteiger partial charge in [-0.3, -0.25) is 14.5 Å². The summed E-state index contributed by atoms with van der Waals surface area (Å²) >= 11 is 0. The minimum Gasteiger partial charge on any atom is -0.374 e. The molecule has 0 unspecified atom stereocenters. The van der Waals surface area contributed by atoms with Crippen LogP contribution < -0.4 is 15.5 Å². The van der Waals surface area contributed by atoms with E-state index in [-0.39, 0.29) is 18.4 Å². The zero-order valence-electron chi connectivity index (χ0n) is 18.6. The summed E-state index contributed by atoms with van der Waals surface area (Å²) in [7, 11) is 2.13. The first-order valence-electron chi connectivity index (χ1n) is 11.4. The molecule has 1 fully saturated rings. The fourth-order valence-corrected chi connectivity index (χ4v) is 4.66. The van der Waals surface area contributed by atoms with Crippen LogP contribution in [0.5, 0.6) is 0 Å². The van der Waals surface area contributed by atoms with Gasteiger partial charge in [-0.15, -0.1) is 0 Å². The second kappa shape index (κ2) is 10.1. The number of hydrogen-bond acceptors (Lipinski definition) is 4. The van der Waals surface area contributed by atoms with E-state index < -0.39 is 11.8 Å². The number of likely N-dealkylation sites (tertiary alicyclic amines) is 1. The number of aryl methyl sites for hydroxylation is 1. The predicted molar refractivity (Wildman–Crippen MR) is 123 cm³/mol. The first-order chi connectivity index (χ1) is 15.5. The predicted octanol–water partition coefficient (Wildman–Crippen LogP) is 2.78. The number of halogens is 1. The van der Waals surface area contributed by atoms with Gasteiger partial charge in [-0.05, 0) is 73.7 Å². The first-order valence-corrected chi connectivity index (χ1v) is 11.4. The molecule has 0 aromatic heterocycles. The van der Waals surface area contributed by atoms with Crippen LogP contribution in [0.4, 0.5) is 10.1 Å². The Labute approximate surface area is 188 Å². The average molecular weight is 439 g/mol. The molecule has 1 atom stereocenters. The molecule has 6 nitrogen and oxygen atoms in total. The van der Waals surface area contributed by atoms with Crippen molar-refractivity contribution in [2.24, 2.45) is 0 Å². The van der Waals surface area contributed by atoms with E-state index in [1.54, 1.807) is 12.1 Å². The van der Waals surface area contributed by atoms with Gasteiger partial charge in [0.15, 0.2) is 0 Å². The Bertz CT molecular complexity index is 957. The molecule has 0 bridgehead atoms. The lowest BCUT2D eigenvalue weighted by Gasteiger charge is -2.31. The van der Waals surface area contributed by atoms with Gasteiger partial charge < -0.3 is 15.5 Å². The zero-order valence-corrected chi connectivity index (χ0v) is 18.6. The van der Waals surface area contributed by atoms with Gasteiger partial charge in [0.1, 0.15) is 5.82 Å². The molecule has 170 valence electrons. The van der Waals surface area contributed by atoms with Crippen LogP contribution in [0.1, 0.15) is 42.0 Å². The summed E-state index contributed by atoms with van der Waals surface area (Å²) in [5.74, 6) is -1.66. The standard InChI is InChI=1S/C25H31FN4O2/c1-29-12-4-5-19-15-20(8-11-22(19)29)23(30-13-2-3-14-30)17-28-25(32)24(31)27-16-18-6-9-21(26)10-7-18/h6-11,15,23H,2-5,12-14,16-17H2,1H3,(H,27,31)(H,28,32)/t23-/m1/s1. The Kier molecular flexibility index (Phi) is 7.05. The number of amides is 2.